The van der Waals surface area contributed by atoms with E-state index >= 15 is 0 Å². The van der Waals surface area contributed by atoms with E-state index in [4.69, 9.17) is 0 Å². The predicted molar refractivity (Wildman–Crippen MR) is 62.9 cm³/mol. The first-order valence-corrected chi connectivity index (χ1v) is 5.54. The van der Waals surface area contributed by atoms with Crippen molar-refractivity contribution in [3.8, 4) is 0 Å². The highest BCUT2D eigenvalue weighted by molar-refractivity contribution is 5.24. The van der Waals surface area contributed by atoms with E-state index in [-0.39, 0.29) is 11.9 Å². The first kappa shape index (κ1) is 11.7. The molecular formula is C12H15FN4. The Labute approximate surface area is 99.5 Å². The van der Waals surface area contributed by atoms with Crippen molar-refractivity contribution in [1.29, 1.82) is 0 Å². The van der Waals surface area contributed by atoms with Crippen LogP contribution in [0.5, 0.6) is 0 Å². The maximum absolute atomic E-state index is 13.7. The van der Waals surface area contributed by atoms with Gasteiger partial charge in [-0.15, -0.1) is 0 Å². The molecule has 0 aliphatic rings. The van der Waals surface area contributed by atoms with Crippen LogP contribution >= 0.6 is 0 Å². The third-order valence-corrected chi connectivity index (χ3v) is 2.53. The summed E-state index contributed by atoms with van der Waals surface area (Å²) >= 11 is 0. The molecule has 2 rings (SSSR count). The lowest BCUT2D eigenvalue weighted by atomic mass is 10.1. The van der Waals surface area contributed by atoms with Crippen LogP contribution in [0.1, 0.15) is 24.2 Å². The van der Waals surface area contributed by atoms with Crippen molar-refractivity contribution >= 4 is 0 Å². The van der Waals surface area contributed by atoms with Gasteiger partial charge in [-0.25, -0.2) is 4.39 Å². The summed E-state index contributed by atoms with van der Waals surface area (Å²) in [5.74, 6) is -0.303. The number of rotatable bonds is 4. The lowest BCUT2D eigenvalue weighted by molar-refractivity contribution is 0.542. The fourth-order valence-electron chi connectivity index (χ4n) is 1.78. The van der Waals surface area contributed by atoms with Gasteiger partial charge in [0.1, 0.15) is 5.82 Å². The standard InChI is InChI=1S/C12H15FN4/c1-3-14-11(9-7-16-17(2)8-9)12-10(13)5-4-6-15-12/h4-8,11,14H,3H2,1-2H3. The Morgan fingerprint density at radius 3 is 2.94 bits per heavy atom. The molecule has 0 aliphatic heterocycles. The number of nitrogens with zero attached hydrogens (tertiary/aromatic N) is 3. The van der Waals surface area contributed by atoms with Gasteiger partial charge in [0.25, 0.3) is 0 Å². The molecule has 1 N–H and O–H groups in total. The van der Waals surface area contributed by atoms with Crippen molar-refractivity contribution in [2.24, 2.45) is 7.05 Å². The Morgan fingerprint density at radius 2 is 2.35 bits per heavy atom. The minimum absolute atomic E-state index is 0.255. The number of halogens is 1. The molecule has 2 heterocycles. The van der Waals surface area contributed by atoms with Crippen LogP contribution in [0.2, 0.25) is 0 Å². The average Bonchev–Trinajstić information content (AvgIpc) is 2.74. The maximum atomic E-state index is 13.7. The van der Waals surface area contributed by atoms with Crippen molar-refractivity contribution in [2.75, 3.05) is 6.54 Å². The number of aryl methyl sites for hydroxylation is 1. The van der Waals surface area contributed by atoms with E-state index in [1.54, 1.807) is 23.1 Å². The van der Waals surface area contributed by atoms with Gasteiger partial charge in [0.05, 0.1) is 17.9 Å². The highest BCUT2D eigenvalue weighted by atomic mass is 19.1. The molecule has 1 atom stereocenters. The van der Waals surface area contributed by atoms with Crippen LogP contribution in [-0.2, 0) is 7.05 Å². The molecule has 0 amide bonds. The van der Waals surface area contributed by atoms with Crippen LogP contribution in [-0.4, -0.2) is 21.3 Å². The molecule has 5 heteroatoms. The number of aromatic nitrogens is 3. The summed E-state index contributed by atoms with van der Waals surface area (Å²) in [4.78, 5) is 4.11. The van der Waals surface area contributed by atoms with E-state index < -0.39 is 0 Å². The maximum Gasteiger partial charge on any atom is 0.146 e. The minimum atomic E-state index is -0.303. The van der Waals surface area contributed by atoms with Gasteiger partial charge >= 0.3 is 0 Å². The zero-order valence-electron chi connectivity index (χ0n) is 9.89. The molecule has 1 unspecified atom stereocenters. The van der Waals surface area contributed by atoms with Gasteiger partial charge in [0, 0.05) is 25.0 Å². The van der Waals surface area contributed by atoms with Gasteiger partial charge in [0.15, 0.2) is 0 Å². The molecule has 4 nitrogen and oxygen atoms in total. The van der Waals surface area contributed by atoms with Crippen LogP contribution in [0.3, 0.4) is 0 Å². The van der Waals surface area contributed by atoms with Crippen molar-refractivity contribution in [3.05, 3.63) is 47.8 Å². The summed E-state index contributed by atoms with van der Waals surface area (Å²) in [6.45, 7) is 2.71. The first-order valence-electron chi connectivity index (χ1n) is 5.54. The number of nitrogens with one attached hydrogen (secondary N) is 1. The molecule has 0 aliphatic carbocycles. The van der Waals surface area contributed by atoms with Gasteiger partial charge in [-0.1, -0.05) is 6.92 Å². The summed E-state index contributed by atoms with van der Waals surface area (Å²) in [5.41, 5.74) is 1.31. The summed E-state index contributed by atoms with van der Waals surface area (Å²) < 4.78 is 15.4. The third kappa shape index (κ3) is 2.50. The summed E-state index contributed by atoms with van der Waals surface area (Å²) in [7, 11) is 1.83. The highest BCUT2D eigenvalue weighted by Crippen LogP contribution is 2.21. The average molecular weight is 234 g/mol. The first-order chi connectivity index (χ1) is 8.22. The molecule has 0 bridgehead atoms. The second-order valence-corrected chi connectivity index (χ2v) is 3.81. The molecule has 17 heavy (non-hydrogen) atoms. The monoisotopic (exact) mass is 234 g/mol. The van der Waals surface area contributed by atoms with E-state index in [1.165, 1.54) is 6.07 Å². The SMILES string of the molecule is CCNC(c1cnn(C)c1)c1ncccc1F. The molecule has 90 valence electrons. The zero-order chi connectivity index (χ0) is 12.3. The van der Waals surface area contributed by atoms with Crippen LogP contribution in [0.25, 0.3) is 0 Å². The normalized spacial score (nSPS) is 12.6. The highest BCUT2D eigenvalue weighted by Gasteiger charge is 2.19. The largest absolute Gasteiger partial charge is 0.305 e. The van der Waals surface area contributed by atoms with Crippen molar-refractivity contribution in [1.82, 2.24) is 20.1 Å². The van der Waals surface area contributed by atoms with Crippen molar-refractivity contribution < 1.29 is 4.39 Å². The summed E-state index contributed by atoms with van der Waals surface area (Å²) in [6, 6.07) is 2.75. The van der Waals surface area contributed by atoms with Crippen LogP contribution in [0, 0.1) is 5.82 Å². The molecule has 0 fully saturated rings. The number of hydrogen-bond acceptors (Lipinski definition) is 3. The number of pyridine rings is 1. The Hall–Kier alpha value is -1.75. The van der Waals surface area contributed by atoms with Gasteiger partial charge in [-0.2, -0.15) is 5.10 Å². The summed E-state index contributed by atoms with van der Waals surface area (Å²) in [5, 5.41) is 7.31. The van der Waals surface area contributed by atoms with Gasteiger partial charge in [0.2, 0.25) is 0 Å². The Bertz CT molecular complexity index is 495. The van der Waals surface area contributed by atoms with E-state index in [9.17, 15) is 4.39 Å². The van der Waals surface area contributed by atoms with Gasteiger partial charge in [-0.05, 0) is 18.7 Å². The predicted octanol–water partition coefficient (Wildman–Crippen LogP) is 1.65. The van der Waals surface area contributed by atoms with Crippen LogP contribution in [0.4, 0.5) is 4.39 Å². The summed E-state index contributed by atoms with van der Waals surface area (Å²) in [6.07, 6.45) is 5.18. The fraction of sp³-hybridized carbons (Fsp3) is 0.333. The Morgan fingerprint density at radius 1 is 1.53 bits per heavy atom. The number of hydrogen-bond donors (Lipinski definition) is 1. The second kappa shape index (κ2) is 5.05. The van der Waals surface area contributed by atoms with Crippen molar-refractivity contribution in [2.45, 2.75) is 13.0 Å². The zero-order valence-corrected chi connectivity index (χ0v) is 9.89. The molecule has 0 saturated carbocycles. The molecule has 0 spiro atoms. The van der Waals surface area contributed by atoms with Gasteiger partial charge in [-0.3, -0.25) is 9.67 Å². The van der Waals surface area contributed by atoms with E-state index in [0.29, 0.717) is 5.69 Å². The minimum Gasteiger partial charge on any atom is -0.305 e. The smallest absolute Gasteiger partial charge is 0.146 e. The molecule has 2 aromatic rings. The molecule has 2 aromatic heterocycles. The van der Waals surface area contributed by atoms with E-state index in [1.807, 2.05) is 20.2 Å². The molecule has 0 saturated heterocycles. The Balaban J connectivity index is 2.39. The molecule has 0 radical (unpaired) electrons. The van der Waals surface area contributed by atoms with Crippen LogP contribution in [0.15, 0.2) is 30.7 Å². The van der Waals surface area contributed by atoms with E-state index in [2.05, 4.69) is 15.4 Å². The van der Waals surface area contributed by atoms with E-state index in [0.717, 1.165) is 12.1 Å². The van der Waals surface area contributed by atoms with Gasteiger partial charge < -0.3 is 5.32 Å². The molecule has 0 aromatic carbocycles. The lowest BCUT2D eigenvalue weighted by Crippen LogP contribution is -2.23. The third-order valence-electron chi connectivity index (χ3n) is 2.53. The topological polar surface area (TPSA) is 42.7 Å². The lowest BCUT2D eigenvalue weighted by Gasteiger charge is -2.16. The van der Waals surface area contributed by atoms with Crippen LogP contribution < -0.4 is 5.32 Å². The van der Waals surface area contributed by atoms with Crippen molar-refractivity contribution in [3.63, 3.8) is 0 Å². The molecular weight excluding hydrogens is 219 g/mol. The quantitative estimate of drug-likeness (QED) is 0.874. The second-order valence-electron chi connectivity index (χ2n) is 3.81. The fourth-order valence-corrected chi connectivity index (χ4v) is 1.78. The Kier molecular flexibility index (Phi) is 3.49.